The van der Waals surface area contributed by atoms with Gasteiger partial charge in [0.15, 0.2) is 0 Å². The molecule has 0 atom stereocenters. The van der Waals surface area contributed by atoms with Crippen LogP contribution in [-0.4, -0.2) is 15.9 Å². The summed E-state index contributed by atoms with van der Waals surface area (Å²) in [5, 5.41) is 3.17. The highest BCUT2D eigenvalue weighted by Gasteiger charge is 2.32. The lowest BCUT2D eigenvalue weighted by molar-refractivity contribution is -0.141. The quantitative estimate of drug-likeness (QED) is 0.756. The molecule has 3 rings (SSSR count). The number of nitrogens with zero attached hydrogens (tertiary/aromatic N) is 1. The molecule has 122 valence electrons. The number of hydrogen-bond acceptors (Lipinski definition) is 3. The van der Waals surface area contributed by atoms with Gasteiger partial charge < -0.3 is 10.3 Å². The minimum absolute atomic E-state index is 0.407. The van der Waals surface area contributed by atoms with Gasteiger partial charge in [0.25, 0.3) is 11.5 Å². The van der Waals surface area contributed by atoms with Crippen LogP contribution in [0.1, 0.15) is 16.1 Å². The number of aromatic nitrogens is 2. The van der Waals surface area contributed by atoms with Crippen molar-refractivity contribution in [3.63, 3.8) is 0 Å². The van der Waals surface area contributed by atoms with Gasteiger partial charge in [-0.15, -0.1) is 0 Å². The maximum atomic E-state index is 12.5. The average molecular weight is 333 g/mol. The number of anilines is 1. The summed E-state index contributed by atoms with van der Waals surface area (Å²) < 4.78 is 37.6. The summed E-state index contributed by atoms with van der Waals surface area (Å²) in [6, 6.07) is 9.94. The van der Waals surface area contributed by atoms with Crippen LogP contribution in [0.5, 0.6) is 0 Å². The number of fused-ring (bicyclic) bond motifs is 1. The molecule has 1 amide bonds. The zero-order chi connectivity index (χ0) is 17.3. The van der Waals surface area contributed by atoms with E-state index in [1.54, 1.807) is 41.5 Å². The van der Waals surface area contributed by atoms with Crippen LogP contribution in [0, 0.1) is 0 Å². The third-order valence-corrected chi connectivity index (χ3v) is 3.35. The largest absolute Gasteiger partial charge is 0.431 e. The Morgan fingerprint density at radius 3 is 2.58 bits per heavy atom. The van der Waals surface area contributed by atoms with Gasteiger partial charge in [0.2, 0.25) is 0 Å². The first kappa shape index (κ1) is 15.7. The summed E-state index contributed by atoms with van der Waals surface area (Å²) in [6.07, 6.45) is -3.09. The number of nitrogens with one attached hydrogen (secondary N) is 2. The van der Waals surface area contributed by atoms with E-state index in [0.29, 0.717) is 22.7 Å². The molecule has 5 nitrogen and oxygen atoms in total. The van der Waals surface area contributed by atoms with E-state index in [1.165, 1.54) is 0 Å². The van der Waals surface area contributed by atoms with Gasteiger partial charge in [0.1, 0.15) is 11.3 Å². The van der Waals surface area contributed by atoms with Crippen LogP contribution in [0.25, 0.3) is 10.9 Å². The van der Waals surface area contributed by atoms with E-state index in [4.69, 9.17) is 0 Å². The van der Waals surface area contributed by atoms with Crippen molar-refractivity contribution in [1.29, 1.82) is 0 Å². The molecular weight excluding hydrogens is 323 g/mol. The highest BCUT2D eigenvalue weighted by Crippen LogP contribution is 2.26. The summed E-state index contributed by atoms with van der Waals surface area (Å²) in [7, 11) is 0. The van der Waals surface area contributed by atoms with Gasteiger partial charge in [-0.2, -0.15) is 13.2 Å². The number of amides is 1. The standard InChI is InChI=1S/C16H10F3N3O2/c17-16(18,19)13-7-6-10(15(24)22-13)14(23)21-12-5-1-4-11-9(12)3-2-8-20-11/h1-8H,(H,21,23)(H,22,24). The van der Waals surface area contributed by atoms with E-state index in [1.807, 2.05) is 0 Å². The third-order valence-electron chi connectivity index (χ3n) is 3.35. The highest BCUT2D eigenvalue weighted by molar-refractivity contribution is 6.08. The van der Waals surface area contributed by atoms with Gasteiger partial charge in [-0.1, -0.05) is 6.07 Å². The Morgan fingerprint density at radius 2 is 1.88 bits per heavy atom. The summed E-state index contributed by atoms with van der Waals surface area (Å²) in [6.45, 7) is 0. The maximum Gasteiger partial charge on any atom is 0.431 e. The molecule has 8 heteroatoms. The molecule has 0 aliphatic rings. The van der Waals surface area contributed by atoms with Crippen LogP contribution >= 0.6 is 0 Å². The Labute approximate surface area is 133 Å². The number of H-pyrrole nitrogens is 1. The predicted octanol–water partition coefficient (Wildman–Crippen LogP) is 3.19. The fourth-order valence-electron chi connectivity index (χ4n) is 2.22. The van der Waals surface area contributed by atoms with E-state index in [9.17, 15) is 22.8 Å². The van der Waals surface area contributed by atoms with Crippen molar-refractivity contribution in [3.05, 3.63) is 70.3 Å². The van der Waals surface area contributed by atoms with Crippen molar-refractivity contribution in [2.24, 2.45) is 0 Å². The normalized spacial score (nSPS) is 11.5. The molecule has 0 fully saturated rings. The van der Waals surface area contributed by atoms with Crippen LogP contribution in [-0.2, 0) is 6.18 Å². The first-order valence-electron chi connectivity index (χ1n) is 6.82. The first-order chi connectivity index (χ1) is 11.4. The number of carbonyl (C=O) groups is 1. The predicted molar refractivity (Wildman–Crippen MR) is 81.8 cm³/mol. The average Bonchev–Trinajstić information content (AvgIpc) is 2.54. The highest BCUT2D eigenvalue weighted by atomic mass is 19.4. The van der Waals surface area contributed by atoms with Crippen LogP contribution in [0.2, 0.25) is 0 Å². The second kappa shape index (κ2) is 5.80. The first-order valence-corrected chi connectivity index (χ1v) is 6.82. The molecule has 0 saturated heterocycles. The van der Waals surface area contributed by atoms with Gasteiger partial charge in [-0.05, 0) is 36.4 Å². The summed E-state index contributed by atoms with van der Waals surface area (Å²) in [4.78, 5) is 29.8. The molecule has 24 heavy (non-hydrogen) atoms. The molecule has 0 aliphatic carbocycles. The van der Waals surface area contributed by atoms with Gasteiger partial charge in [-0.25, -0.2) is 0 Å². The Hall–Kier alpha value is -3.16. The summed E-state index contributed by atoms with van der Waals surface area (Å²) in [5.41, 5.74) is -1.69. The van der Waals surface area contributed by atoms with E-state index in [2.05, 4.69) is 10.3 Å². The maximum absolute atomic E-state index is 12.5. The van der Waals surface area contributed by atoms with E-state index in [0.717, 1.165) is 6.07 Å². The third kappa shape index (κ3) is 2.98. The van der Waals surface area contributed by atoms with Crippen LogP contribution in [0.15, 0.2) is 53.5 Å². The lowest BCUT2D eigenvalue weighted by Crippen LogP contribution is -2.25. The number of rotatable bonds is 2. The fraction of sp³-hybridized carbons (Fsp3) is 0.0625. The monoisotopic (exact) mass is 333 g/mol. The lowest BCUT2D eigenvalue weighted by atomic mass is 10.1. The second-order valence-corrected chi connectivity index (χ2v) is 4.94. The summed E-state index contributed by atoms with van der Waals surface area (Å²) in [5.74, 6) is -0.804. The minimum atomic E-state index is -4.69. The van der Waals surface area contributed by atoms with E-state index >= 15 is 0 Å². The van der Waals surface area contributed by atoms with Crippen molar-refractivity contribution in [2.45, 2.75) is 6.18 Å². The Bertz CT molecular complexity index is 975. The van der Waals surface area contributed by atoms with E-state index in [-0.39, 0.29) is 0 Å². The Morgan fingerprint density at radius 1 is 1.08 bits per heavy atom. The second-order valence-electron chi connectivity index (χ2n) is 4.94. The molecule has 0 radical (unpaired) electrons. The Kier molecular flexibility index (Phi) is 3.80. The minimum Gasteiger partial charge on any atom is -0.321 e. The molecule has 2 N–H and O–H groups in total. The summed E-state index contributed by atoms with van der Waals surface area (Å²) >= 11 is 0. The number of carbonyl (C=O) groups excluding carboxylic acids is 1. The van der Waals surface area contributed by atoms with Crippen molar-refractivity contribution >= 4 is 22.5 Å². The Balaban J connectivity index is 1.94. The number of pyridine rings is 2. The van der Waals surface area contributed by atoms with Crippen LogP contribution in [0.4, 0.5) is 18.9 Å². The number of hydrogen-bond donors (Lipinski definition) is 2. The number of benzene rings is 1. The molecular formula is C16H10F3N3O2. The molecule has 0 unspecified atom stereocenters. The molecule has 0 spiro atoms. The van der Waals surface area contributed by atoms with Gasteiger partial charge in [0, 0.05) is 11.6 Å². The van der Waals surface area contributed by atoms with Crippen molar-refractivity contribution < 1.29 is 18.0 Å². The van der Waals surface area contributed by atoms with Crippen LogP contribution in [0.3, 0.4) is 0 Å². The van der Waals surface area contributed by atoms with Gasteiger partial charge in [-0.3, -0.25) is 14.6 Å². The van der Waals surface area contributed by atoms with Gasteiger partial charge in [0.05, 0.1) is 11.2 Å². The molecule has 1 aromatic carbocycles. The molecule has 0 aliphatic heterocycles. The van der Waals surface area contributed by atoms with Crippen LogP contribution < -0.4 is 10.9 Å². The number of alkyl halides is 3. The molecule has 2 aromatic heterocycles. The zero-order valence-electron chi connectivity index (χ0n) is 12.0. The van der Waals surface area contributed by atoms with E-state index < -0.39 is 28.9 Å². The number of aromatic amines is 1. The molecule has 2 heterocycles. The lowest BCUT2D eigenvalue weighted by Gasteiger charge is -2.09. The topological polar surface area (TPSA) is 74.8 Å². The SMILES string of the molecule is O=C(Nc1cccc2ncccc12)c1ccc(C(F)(F)F)[nH]c1=O. The smallest absolute Gasteiger partial charge is 0.321 e. The van der Waals surface area contributed by atoms with Crippen molar-refractivity contribution in [3.8, 4) is 0 Å². The van der Waals surface area contributed by atoms with Crippen molar-refractivity contribution in [1.82, 2.24) is 9.97 Å². The molecule has 0 bridgehead atoms. The fourth-order valence-corrected chi connectivity index (χ4v) is 2.22. The van der Waals surface area contributed by atoms with Gasteiger partial charge >= 0.3 is 6.18 Å². The zero-order valence-corrected chi connectivity index (χ0v) is 12.0. The molecule has 3 aromatic rings. The number of halogens is 3. The molecule has 0 saturated carbocycles. The van der Waals surface area contributed by atoms with Crippen molar-refractivity contribution in [2.75, 3.05) is 5.32 Å².